The molecule has 0 bridgehead atoms. The average Bonchev–Trinajstić information content (AvgIpc) is 3.14. The van der Waals surface area contributed by atoms with E-state index in [2.05, 4.69) is 4.90 Å². The van der Waals surface area contributed by atoms with Gasteiger partial charge in [-0.05, 0) is 75.2 Å². The number of β-amino-alcohol motifs (C(OH)–C–C–N with tert-alkyl or cyclic N) is 1. The lowest BCUT2D eigenvalue weighted by atomic mass is 9.99. The summed E-state index contributed by atoms with van der Waals surface area (Å²) in [5, 5.41) is 10.8. The largest absolute Gasteiger partial charge is 0.488 e. The van der Waals surface area contributed by atoms with E-state index in [9.17, 15) is 18.3 Å². The Balaban J connectivity index is 1.63. The van der Waals surface area contributed by atoms with Gasteiger partial charge in [-0.3, -0.25) is 0 Å². The summed E-state index contributed by atoms with van der Waals surface area (Å²) in [4.78, 5) is 2.24. The van der Waals surface area contributed by atoms with Crippen molar-refractivity contribution in [2.75, 3.05) is 19.6 Å². The predicted octanol–water partition coefficient (Wildman–Crippen LogP) is 4.99. The average molecular weight is 393 g/mol. The van der Waals surface area contributed by atoms with Gasteiger partial charge in [0.25, 0.3) is 0 Å². The van der Waals surface area contributed by atoms with Crippen LogP contribution in [0.15, 0.2) is 48.5 Å². The lowest BCUT2D eigenvalue weighted by Crippen LogP contribution is -2.49. The van der Waals surface area contributed by atoms with E-state index in [1.165, 1.54) is 12.1 Å². The molecule has 0 aromatic heterocycles. The minimum absolute atomic E-state index is 0.398. The molecule has 3 nitrogen and oxygen atoms in total. The molecule has 2 aromatic carbocycles. The highest BCUT2D eigenvalue weighted by atomic mass is 19.4. The van der Waals surface area contributed by atoms with E-state index in [1.54, 1.807) is 31.2 Å². The van der Waals surface area contributed by atoms with Gasteiger partial charge in [-0.1, -0.05) is 24.3 Å². The van der Waals surface area contributed by atoms with Gasteiger partial charge < -0.3 is 14.7 Å². The molecule has 1 aliphatic rings. The maximum atomic E-state index is 12.7. The second-order valence-corrected chi connectivity index (χ2v) is 7.70. The van der Waals surface area contributed by atoms with Crippen LogP contribution in [0.2, 0.25) is 0 Å². The normalized spacial score (nSPS) is 18.6. The smallest absolute Gasteiger partial charge is 0.416 e. The zero-order valence-corrected chi connectivity index (χ0v) is 16.2. The summed E-state index contributed by atoms with van der Waals surface area (Å²) >= 11 is 0. The first kappa shape index (κ1) is 20.7. The molecule has 1 heterocycles. The van der Waals surface area contributed by atoms with Crippen molar-refractivity contribution in [3.05, 3.63) is 54.1 Å². The van der Waals surface area contributed by atoms with Crippen molar-refractivity contribution in [3.8, 4) is 16.9 Å². The first-order valence-corrected chi connectivity index (χ1v) is 9.54. The molecule has 1 N–H and O–H groups in total. The topological polar surface area (TPSA) is 32.7 Å². The van der Waals surface area contributed by atoms with E-state index < -0.39 is 23.4 Å². The van der Waals surface area contributed by atoms with Crippen molar-refractivity contribution >= 4 is 0 Å². The Hall–Kier alpha value is -2.05. The Morgan fingerprint density at radius 1 is 0.964 bits per heavy atom. The van der Waals surface area contributed by atoms with E-state index in [1.807, 2.05) is 6.92 Å². The molecule has 2 unspecified atom stereocenters. The molecule has 2 atom stereocenters. The van der Waals surface area contributed by atoms with Crippen LogP contribution in [-0.2, 0) is 6.18 Å². The van der Waals surface area contributed by atoms with Crippen LogP contribution in [0.3, 0.4) is 0 Å². The van der Waals surface area contributed by atoms with Crippen LogP contribution in [0.1, 0.15) is 32.3 Å². The second kappa shape index (κ2) is 8.13. The summed E-state index contributed by atoms with van der Waals surface area (Å²) in [5.41, 5.74) is -0.132. The monoisotopic (exact) mass is 393 g/mol. The maximum absolute atomic E-state index is 12.7. The molecule has 152 valence electrons. The van der Waals surface area contributed by atoms with Crippen molar-refractivity contribution in [1.82, 2.24) is 4.90 Å². The van der Waals surface area contributed by atoms with Gasteiger partial charge in [-0.25, -0.2) is 0 Å². The van der Waals surface area contributed by atoms with Gasteiger partial charge in [0.05, 0.1) is 5.56 Å². The van der Waals surface area contributed by atoms with Crippen molar-refractivity contribution in [1.29, 1.82) is 0 Å². The van der Waals surface area contributed by atoms with Crippen LogP contribution in [-0.4, -0.2) is 41.3 Å². The van der Waals surface area contributed by atoms with Gasteiger partial charge in [0.15, 0.2) is 0 Å². The lowest BCUT2D eigenvalue weighted by molar-refractivity contribution is -0.137. The predicted molar refractivity (Wildman–Crippen MR) is 103 cm³/mol. The number of likely N-dealkylation sites (tertiary alicyclic amines) is 1. The summed E-state index contributed by atoms with van der Waals surface area (Å²) in [7, 11) is 0. The fourth-order valence-electron chi connectivity index (χ4n) is 3.43. The number of halogens is 3. The molecule has 28 heavy (non-hydrogen) atoms. The number of rotatable bonds is 6. The standard InChI is InChI=1S/C22H26F3NO2/c1-16(21(2,27)15-26-13-3-4-14-26)28-20-11-7-18(8-12-20)17-5-9-19(10-6-17)22(23,24)25/h5-12,16,27H,3-4,13-15H2,1-2H3. The van der Waals surface area contributed by atoms with Gasteiger partial charge in [0.1, 0.15) is 17.5 Å². The maximum Gasteiger partial charge on any atom is 0.416 e. The number of nitrogens with zero attached hydrogens (tertiary/aromatic N) is 1. The Morgan fingerprint density at radius 2 is 1.46 bits per heavy atom. The van der Waals surface area contributed by atoms with Crippen LogP contribution in [0.5, 0.6) is 5.75 Å². The number of hydrogen-bond acceptors (Lipinski definition) is 3. The zero-order chi connectivity index (χ0) is 20.4. The molecule has 0 aliphatic carbocycles. The Bertz CT molecular complexity index is 764. The van der Waals surface area contributed by atoms with Crippen molar-refractivity contribution in [3.63, 3.8) is 0 Å². The summed E-state index contributed by atoms with van der Waals surface area (Å²) in [6.45, 7) is 6.21. The first-order chi connectivity index (χ1) is 13.1. The number of aliphatic hydroxyl groups is 1. The van der Waals surface area contributed by atoms with Crippen molar-refractivity contribution in [2.24, 2.45) is 0 Å². The minimum Gasteiger partial charge on any atom is -0.488 e. The van der Waals surface area contributed by atoms with Gasteiger partial charge >= 0.3 is 6.18 Å². The highest BCUT2D eigenvalue weighted by molar-refractivity contribution is 5.64. The van der Waals surface area contributed by atoms with E-state index in [4.69, 9.17) is 4.74 Å². The fourth-order valence-corrected chi connectivity index (χ4v) is 3.43. The third kappa shape index (κ3) is 5.06. The molecule has 1 aliphatic heterocycles. The third-order valence-electron chi connectivity index (χ3n) is 5.33. The molecule has 0 radical (unpaired) electrons. The molecule has 6 heteroatoms. The SMILES string of the molecule is CC(Oc1ccc(-c2ccc(C(F)(F)F)cc2)cc1)C(C)(O)CN1CCCC1. The molecule has 0 saturated carbocycles. The second-order valence-electron chi connectivity index (χ2n) is 7.70. The fraction of sp³-hybridized carbons (Fsp3) is 0.455. The summed E-state index contributed by atoms with van der Waals surface area (Å²) in [6.07, 6.45) is -2.41. The van der Waals surface area contributed by atoms with Crippen LogP contribution in [0.25, 0.3) is 11.1 Å². The van der Waals surface area contributed by atoms with Gasteiger partial charge in [0, 0.05) is 6.54 Å². The van der Waals surface area contributed by atoms with E-state index in [0.29, 0.717) is 17.9 Å². The minimum atomic E-state index is -4.33. The Labute approximate surface area is 163 Å². The highest BCUT2D eigenvalue weighted by Crippen LogP contribution is 2.31. The number of hydrogen-bond donors (Lipinski definition) is 1. The first-order valence-electron chi connectivity index (χ1n) is 9.54. The van der Waals surface area contributed by atoms with E-state index in [0.717, 1.165) is 43.6 Å². The van der Waals surface area contributed by atoms with Crippen LogP contribution in [0, 0.1) is 0 Å². The van der Waals surface area contributed by atoms with E-state index in [-0.39, 0.29) is 0 Å². The zero-order valence-electron chi connectivity index (χ0n) is 16.2. The molecule has 1 saturated heterocycles. The van der Waals surface area contributed by atoms with Crippen LogP contribution >= 0.6 is 0 Å². The number of benzene rings is 2. The molecule has 0 spiro atoms. The number of alkyl halides is 3. The summed E-state index contributed by atoms with van der Waals surface area (Å²) in [6, 6.07) is 12.2. The molecular weight excluding hydrogens is 367 g/mol. The molecule has 1 fully saturated rings. The Morgan fingerprint density at radius 3 is 1.96 bits per heavy atom. The lowest BCUT2D eigenvalue weighted by Gasteiger charge is -2.34. The van der Waals surface area contributed by atoms with Crippen molar-refractivity contribution < 1.29 is 23.0 Å². The quantitative estimate of drug-likeness (QED) is 0.751. The van der Waals surface area contributed by atoms with Gasteiger partial charge in [0.2, 0.25) is 0 Å². The van der Waals surface area contributed by atoms with Gasteiger partial charge in [-0.15, -0.1) is 0 Å². The highest BCUT2D eigenvalue weighted by Gasteiger charge is 2.33. The Kier molecular flexibility index (Phi) is 6.01. The van der Waals surface area contributed by atoms with Crippen LogP contribution < -0.4 is 4.74 Å². The third-order valence-corrected chi connectivity index (χ3v) is 5.33. The molecule has 2 aromatic rings. The summed E-state index contributed by atoms with van der Waals surface area (Å²) in [5.74, 6) is 0.616. The van der Waals surface area contributed by atoms with Crippen molar-refractivity contribution in [2.45, 2.75) is 44.6 Å². The van der Waals surface area contributed by atoms with Gasteiger partial charge in [-0.2, -0.15) is 13.2 Å². The molecular formula is C22H26F3NO2. The van der Waals surface area contributed by atoms with E-state index >= 15 is 0 Å². The van der Waals surface area contributed by atoms with Crippen LogP contribution in [0.4, 0.5) is 13.2 Å². The summed E-state index contributed by atoms with van der Waals surface area (Å²) < 4.78 is 44.0. The molecule has 3 rings (SSSR count). The number of ether oxygens (including phenoxy) is 1. The molecule has 0 amide bonds.